The molecule has 0 bridgehead atoms. The second-order valence-electron chi connectivity index (χ2n) is 8.31. The van der Waals surface area contributed by atoms with Crippen molar-refractivity contribution >= 4 is 12.2 Å². The van der Waals surface area contributed by atoms with Crippen LogP contribution in [0.15, 0.2) is 12.8 Å². The summed E-state index contributed by atoms with van der Waals surface area (Å²) in [7, 11) is 0. The summed E-state index contributed by atoms with van der Waals surface area (Å²) < 4.78 is 10.6. The Labute approximate surface area is 155 Å². The zero-order valence-electron chi connectivity index (χ0n) is 16.6. The Bertz CT molecular complexity index is 495. The lowest BCUT2D eigenvalue weighted by molar-refractivity contribution is -0.293. The van der Waals surface area contributed by atoms with Gasteiger partial charge in [0, 0.05) is 6.04 Å². The average Bonchev–Trinajstić information content (AvgIpc) is 2.42. The first-order valence-electron chi connectivity index (χ1n) is 8.81. The van der Waals surface area contributed by atoms with Gasteiger partial charge in [0.15, 0.2) is 0 Å². The van der Waals surface area contributed by atoms with Crippen LogP contribution in [0.3, 0.4) is 0 Å². The molecule has 26 heavy (non-hydrogen) atoms. The van der Waals surface area contributed by atoms with Gasteiger partial charge in [0.1, 0.15) is 23.6 Å². The Morgan fingerprint density at radius 3 is 2.00 bits per heavy atom. The molecule has 8 heteroatoms. The van der Waals surface area contributed by atoms with Crippen LogP contribution >= 0.6 is 0 Å². The van der Waals surface area contributed by atoms with E-state index in [0.717, 1.165) is 0 Å². The molecule has 2 amide bonds. The van der Waals surface area contributed by atoms with Gasteiger partial charge in [0.05, 0.1) is 6.04 Å². The molecule has 0 saturated heterocycles. The largest absolute Gasteiger partial charge is 0.444 e. The standard InChI is InChI=1S/C18H32N2O6/c1-8-23-26-14-10-9-12(19-15(21)24-17(2,3)4)11-13(14)20-16(22)25-18(5,6)7/h8,12-14H,1,9-11H2,2-7H3,(H,19,21)(H,20,22). The van der Waals surface area contributed by atoms with E-state index in [0.29, 0.717) is 19.3 Å². The first kappa shape index (κ1) is 22.1. The van der Waals surface area contributed by atoms with Crippen molar-refractivity contribution in [3.05, 3.63) is 12.8 Å². The molecular weight excluding hydrogens is 340 g/mol. The van der Waals surface area contributed by atoms with E-state index in [1.54, 1.807) is 41.5 Å². The van der Waals surface area contributed by atoms with Gasteiger partial charge in [0.2, 0.25) is 0 Å². The molecule has 3 unspecified atom stereocenters. The number of carbonyl (C=O) groups excluding carboxylic acids is 2. The van der Waals surface area contributed by atoms with Crippen molar-refractivity contribution in [1.82, 2.24) is 10.6 Å². The van der Waals surface area contributed by atoms with E-state index < -0.39 is 29.4 Å². The summed E-state index contributed by atoms with van der Waals surface area (Å²) >= 11 is 0. The van der Waals surface area contributed by atoms with E-state index in [1.807, 2.05) is 0 Å². The Kier molecular flexibility index (Phi) is 7.74. The first-order chi connectivity index (χ1) is 11.9. The lowest BCUT2D eigenvalue weighted by Crippen LogP contribution is -2.54. The molecule has 1 rings (SSSR count). The molecule has 2 N–H and O–H groups in total. The van der Waals surface area contributed by atoms with Crippen LogP contribution in [0.5, 0.6) is 0 Å². The second-order valence-corrected chi connectivity index (χ2v) is 8.31. The van der Waals surface area contributed by atoms with Crippen LogP contribution in [-0.4, -0.2) is 41.6 Å². The maximum absolute atomic E-state index is 12.1. The minimum atomic E-state index is -0.610. The Morgan fingerprint density at radius 1 is 0.962 bits per heavy atom. The lowest BCUT2D eigenvalue weighted by atomic mass is 9.88. The van der Waals surface area contributed by atoms with Crippen LogP contribution < -0.4 is 10.6 Å². The van der Waals surface area contributed by atoms with Gasteiger partial charge in [-0.25, -0.2) is 9.59 Å². The van der Waals surface area contributed by atoms with Gasteiger partial charge in [-0.3, -0.25) is 0 Å². The van der Waals surface area contributed by atoms with Crippen LogP contribution in [0.4, 0.5) is 9.59 Å². The number of hydrogen-bond donors (Lipinski definition) is 2. The van der Waals surface area contributed by atoms with Crippen molar-refractivity contribution in [3.63, 3.8) is 0 Å². The van der Waals surface area contributed by atoms with E-state index >= 15 is 0 Å². The van der Waals surface area contributed by atoms with Crippen molar-refractivity contribution in [3.8, 4) is 0 Å². The Balaban J connectivity index is 2.68. The third kappa shape index (κ3) is 8.94. The molecule has 1 aliphatic carbocycles. The summed E-state index contributed by atoms with van der Waals surface area (Å²) in [6.45, 7) is 14.2. The van der Waals surface area contributed by atoms with Gasteiger partial charge in [-0.1, -0.05) is 6.58 Å². The van der Waals surface area contributed by atoms with Crippen LogP contribution in [0.25, 0.3) is 0 Å². The lowest BCUT2D eigenvalue weighted by Gasteiger charge is -2.35. The van der Waals surface area contributed by atoms with Crippen molar-refractivity contribution in [1.29, 1.82) is 0 Å². The molecule has 3 atom stereocenters. The summed E-state index contributed by atoms with van der Waals surface area (Å²) in [5.41, 5.74) is -1.18. The summed E-state index contributed by atoms with van der Waals surface area (Å²) in [6.07, 6.45) is 1.47. The zero-order chi connectivity index (χ0) is 20.0. The molecule has 0 aliphatic heterocycles. The number of amides is 2. The highest BCUT2D eigenvalue weighted by atomic mass is 17.2. The van der Waals surface area contributed by atoms with Crippen LogP contribution in [0.1, 0.15) is 60.8 Å². The van der Waals surface area contributed by atoms with Gasteiger partial charge in [-0.15, -0.1) is 0 Å². The smallest absolute Gasteiger partial charge is 0.407 e. The number of hydrogen-bond acceptors (Lipinski definition) is 6. The topological polar surface area (TPSA) is 95.1 Å². The number of alkyl carbamates (subject to hydrolysis) is 2. The molecular formula is C18H32N2O6. The molecule has 1 fully saturated rings. The molecule has 0 aromatic rings. The van der Waals surface area contributed by atoms with Crippen molar-refractivity contribution in [2.75, 3.05) is 0 Å². The maximum atomic E-state index is 12.1. The SMILES string of the molecule is C=COOC1CCC(NC(=O)OC(C)(C)C)CC1NC(=O)OC(C)(C)C. The molecule has 0 radical (unpaired) electrons. The average molecular weight is 372 g/mol. The Hall–Kier alpha value is -1.96. The van der Waals surface area contributed by atoms with Crippen LogP contribution in [0, 0.1) is 0 Å². The molecule has 1 aliphatic rings. The van der Waals surface area contributed by atoms with Crippen molar-refractivity contribution < 1.29 is 28.8 Å². The minimum absolute atomic E-state index is 0.159. The number of ether oxygens (including phenoxy) is 2. The Morgan fingerprint density at radius 2 is 1.50 bits per heavy atom. The van der Waals surface area contributed by atoms with E-state index in [9.17, 15) is 9.59 Å². The van der Waals surface area contributed by atoms with Crippen molar-refractivity contribution in [2.45, 2.75) is 90.2 Å². The van der Waals surface area contributed by atoms with E-state index in [1.165, 1.54) is 6.26 Å². The monoisotopic (exact) mass is 372 g/mol. The molecule has 150 valence electrons. The minimum Gasteiger partial charge on any atom is -0.444 e. The van der Waals surface area contributed by atoms with E-state index in [-0.39, 0.29) is 12.1 Å². The number of rotatable bonds is 5. The van der Waals surface area contributed by atoms with E-state index in [4.69, 9.17) is 19.2 Å². The molecule has 0 aromatic heterocycles. The highest BCUT2D eigenvalue weighted by Gasteiger charge is 2.35. The fourth-order valence-electron chi connectivity index (χ4n) is 2.58. The van der Waals surface area contributed by atoms with Gasteiger partial charge in [0.25, 0.3) is 0 Å². The molecule has 0 spiro atoms. The number of carbonyl (C=O) groups is 2. The van der Waals surface area contributed by atoms with Crippen LogP contribution in [-0.2, 0) is 19.2 Å². The maximum Gasteiger partial charge on any atom is 0.407 e. The zero-order valence-corrected chi connectivity index (χ0v) is 16.6. The van der Waals surface area contributed by atoms with Gasteiger partial charge < -0.3 is 25.0 Å². The molecule has 1 saturated carbocycles. The van der Waals surface area contributed by atoms with Crippen molar-refractivity contribution in [2.24, 2.45) is 0 Å². The van der Waals surface area contributed by atoms with Gasteiger partial charge in [-0.2, -0.15) is 4.89 Å². The van der Waals surface area contributed by atoms with Gasteiger partial charge >= 0.3 is 12.2 Å². The summed E-state index contributed by atoms with van der Waals surface area (Å²) in [5.74, 6) is 0. The van der Waals surface area contributed by atoms with Gasteiger partial charge in [-0.05, 0) is 60.8 Å². The third-order valence-electron chi connectivity index (χ3n) is 3.46. The molecule has 8 nitrogen and oxygen atoms in total. The third-order valence-corrected chi connectivity index (χ3v) is 3.46. The van der Waals surface area contributed by atoms with E-state index in [2.05, 4.69) is 17.2 Å². The molecule has 0 heterocycles. The highest BCUT2D eigenvalue weighted by molar-refractivity contribution is 5.69. The predicted molar refractivity (Wildman–Crippen MR) is 96.3 cm³/mol. The van der Waals surface area contributed by atoms with Crippen LogP contribution in [0.2, 0.25) is 0 Å². The highest BCUT2D eigenvalue weighted by Crippen LogP contribution is 2.23. The summed E-state index contributed by atoms with van der Waals surface area (Å²) in [4.78, 5) is 34.2. The quantitative estimate of drug-likeness (QED) is 0.436. The predicted octanol–water partition coefficient (Wildman–Crippen LogP) is 3.42. The summed E-state index contributed by atoms with van der Waals surface area (Å²) in [6, 6.07) is -0.549. The normalized spacial score (nSPS) is 23.5. The fourth-order valence-corrected chi connectivity index (χ4v) is 2.58. The molecule has 0 aromatic carbocycles. The number of nitrogens with one attached hydrogen (secondary N) is 2. The fraction of sp³-hybridized carbons (Fsp3) is 0.778. The summed E-state index contributed by atoms with van der Waals surface area (Å²) in [5, 5.41) is 5.63. The first-order valence-corrected chi connectivity index (χ1v) is 8.81. The second kappa shape index (κ2) is 9.12.